The monoisotopic (exact) mass is 822 g/mol. The first-order valence-corrected chi connectivity index (χ1v) is 20.8. The fourth-order valence-corrected chi connectivity index (χ4v) is 8.50. The summed E-state index contributed by atoms with van der Waals surface area (Å²) in [6, 6.07) is 41.1. The smallest absolute Gasteiger partial charge is 0.269 e. The molecule has 11 rings (SSSR count). The van der Waals surface area contributed by atoms with Crippen LogP contribution in [0.1, 0.15) is 33.1 Å². The summed E-state index contributed by atoms with van der Waals surface area (Å²) in [5.41, 5.74) is 6.88. The first kappa shape index (κ1) is 28.5. The van der Waals surface area contributed by atoms with Gasteiger partial charge in [-0.15, -0.1) is 0 Å². The molecule has 0 fully saturated rings. The van der Waals surface area contributed by atoms with E-state index in [-0.39, 0.29) is 27.9 Å². The van der Waals surface area contributed by atoms with Gasteiger partial charge in [0.05, 0.1) is 47.1 Å². The molecule has 3 aromatic heterocycles. The summed E-state index contributed by atoms with van der Waals surface area (Å²) in [5, 5.41) is 2.14. The molecule has 302 valence electrons. The van der Waals surface area contributed by atoms with Crippen molar-refractivity contribution in [2.24, 2.45) is 5.92 Å². The number of aromatic nitrogens is 4. The Morgan fingerprint density at radius 3 is 2.05 bits per heavy atom. The van der Waals surface area contributed by atoms with Crippen LogP contribution in [0.25, 0.3) is 83.4 Å². The zero-order valence-corrected chi connectivity index (χ0v) is 34.4. The van der Waals surface area contributed by atoms with Crippen LogP contribution in [0.2, 0.25) is 0 Å². The van der Waals surface area contributed by atoms with Crippen LogP contribution in [-0.4, -0.2) is 14.1 Å². The van der Waals surface area contributed by atoms with E-state index in [0.717, 1.165) is 45.2 Å². The summed E-state index contributed by atoms with van der Waals surface area (Å²) in [6.45, 7) is 4.40. The van der Waals surface area contributed by atoms with Gasteiger partial charge in [0.2, 0.25) is 0 Å². The lowest BCUT2D eigenvalue weighted by Gasteiger charge is -2.17. The maximum atomic E-state index is 9.14. The molecule has 0 N–H and O–H groups in total. The van der Waals surface area contributed by atoms with Gasteiger partial charge in [-0.2, -0.15) is 0 Å². The fourth-order valence-electron chi connectivity index (χ4n) is 8.50. The van der Waals surface area contributed by atoms with Crippen molar-refractivity contribution >= 4 is 32.8 Å². The van der Waals surface area contributed by atoms with E-state index in [1.807, 2.05) is 108 Å². The van der Waals surface area contributed by atoms with E-state index in [1.165, 1.54) is 5.56 Å². The number of ether oxygens (including phenoxy) is 1. The molecular weight excluding hydrogens is 769 g/mol. The lowest BCUT2D eigenvalue weighted by molar-refractivity contribution is -0.571. The van der Waals surface area contributed by atoms with Gasteiger partial charge in [-0.25, -0.2) is 4.98 Å². The molecule has 0 saturated heterocycles. The van der Waals surface area contributed by atoms with Gasteiger partial charge < -0.3 is 4.74 Å². The van der Waals surface area contributed by atoms with E-state index in [2.05, 4.69) is 55.1 Å². The van der Waals surface area contributed by atoms with Crippen LogP contribution in [0.5, 0.6) is 11.5 Å². The molecule has 5 nitrogen and oxygen atoms in total. The highest BCUT2D eigenvalue weighted by Gasteiger charge is 2.21. The minimum Gasteiger partial charge on any atom is -0.458 e. The molecule has 0 aliphatic heterocycles. The number of nitrogens with zero attached hydrogens (tertiary/aromatic N) is 4. The van der Waals surface area contributed by atoms with Gasteiger partial charge in [-0.1, -0.05) is 159 Å². The third-order valence-corrected chi connectivity index (χ3v) is 11.2. The van der Waals surface area contributed by atoms with Crippen molar-refractivity contribution in [2.75, 3.05) is 0 Å². The summed E-state index contributed by atoms with van der Waals surface area (Å²) >= 11 is 0. The molecule has 0 radical (unpaired) electrons. The van der Waals surface area contributed by atoms with Crippen molar-refractivity contribution in [3.8, 4) is 62.1 Å². The van der Waals surface area contributed by atoms with E-state index >= 15 is 0 Å². The number of hydrogen-bond acceptors (Lipinski definition) is 2. The Hall–Kier alpha value is -8.02. The Bertz CT molecular complexity index is 3890. The number of rotatable bonds is 10. The van der Waals surface area contributed by atoms with Crippen LogP contribution in [-0.2, 0) is 6.42 Å². The minimum absolute atomic E-state index is 0.137. The Kier molecular flexibility index (Phi) is 7.29. The van der Waals surface area contributed by atoms with Crippen molar-refractivity contribution < 1.29 is 23.0 Å². The number of pyridine rings is 1. The quantitative estimate of drug-likeness (QED) is 0.102. The SMILES string of the molecule is [2H]c1c([2H])c([2H])c(-c2cccc(-c3c([2H])c([2H])c([2H])c([2H])c3[2H])c2-[n+]2[c-]n(-c3cccc(Oc4ccc5c6ccccc6n(-c6cc(CC(C)C)ccn6)c5c4)c3)c3ccc(-c4ccccc4)cc32)c([2H])c1[2H]. The molecule has 11 aromatic rings. The van der Waals surface area contributed by atoms with Crippen LogP contribution in [0.15, 0.2) is 212 Å². The highest BCUT2D eigenvalue weighted by Crippen LogP contribution is 2.38. The topological polar surface area (TPSA) is 35.9 Å². The predicted molar refractivity (Wildman–Crippen MR) is 257 cm³/mol. The van der Waals surface area contributed by atoms with Crippen molar-refractivity contribution in [3.63, 3.8) is 0 Å². The van der Waals surface area contributed by atoms with Crippen LogP contribution in [0.3, 0.4) is 0 Å². The molecule has 0 amide bonds. The summed E-state index contributed by atoms with van der Waals surface area (Å²) in [4.78, 5) is 4.83. The van der Waals surface area contributed by atoms with Crippen LogP contribution >= 0.6 is 0 Å². The Labute approximate surface area is 381 Å². The summed E-state index contributed by atoms with van der Waals surface area (Å²) in [7, 11) is 0. The number of hydrogen-bond donors (Lipinski definition) is 0. The van der Waals surface area contributed by atoms with Crippen molar-refractivity contribution in [3.05, 3.63) is 224 Å². The largest absolute Gasteiger partial charge is 0.458 e. The molecule has 0 bridgehead atoms. The van der Waals surface area contributed by atoms with Crippen LogP contribution < -0.4 is 9.30 Å². The van der Waals surface area contributed by atoms with Gasteiger partial charge >= 0.3 is 0 Å². The Morgan fingerprint density at radius 2 is 1.29 bits per heavy atom. The highest BCUT2D eigenvalue weighted by atomic mass is 16.5. The molecular formula is C58H44N4O. The molecule has 0 aliphatic carbocycles. The predicted octanol–water partition coefficient (Wildman–Crippen LogP) is 14.2. The summed E-state index contributed by atoms with van der Waals surface area (Å²) in [5.74, 6) is 2.39. The number of fused-ring (bicyclic) bond motifs is 4. The van der Waals surface area contributed by atoms with Crippen molar-refractivity contribution in [1.29, 1.82) is 0 Å². The molecule has 0 aliphatic rings. The molecule has 0 spiro atoms. The van der Waals surface area contributed by atoms with Gasteiger partial charge in [-0.05, 0) is 106 Å². The Balaban J connectivity index is 1.12. The second kappa shape index (κ2) is 16.1. The lowest BCUT2D eigenvalue weighted by Crippen LogP contribution is -2.31. The molecule has 0 saturated carbocycles. The zero-order valence-electron chi connectivity index (χ0n) is 44.4. The van der Waals surface area contributed by atoms with E-state index < -0.39 is 60.4 Å². The molecule has 0 atom stereocenters. The lowest BCUT2D eigenvalue weighted by atomic mass is 9.95. The minimum atomic E-state index is -0.571. The number of imidazole rings is 1. The van der Waals surface area contributed by atoms with Crippen molar-refractivity contribution in [1.82, 2.24) is 14.1 Å². The fraction of sp³-hybridized carbons (Fsp3) is 0.0690. The van der Waals surface area contributed by atoms with E-state index in [4.69, 9.17) is 23.4 Å². The Morgan fingerprint density at radius 1 is 0.587 bits per heavy atom. The first-order valence-electron chi connectivity index (χ1n) is 25.8. The van der Waals surface area contributed by atoms with Crippen molar-refractivity contribution in [2.45, 2.75) is 20.3 Å². The van der Waals surface area contributed by atoms with Gasteiger partial charge in [0.15, 0.2) is 0 Å². The van der Waals surface area contributed by atoms with Gasteiger partial charge in [0.1, 0.15) is 17.3 Å². The molecule has 8 aromatic carbocycles. The maximum absolute atomic E-state index is 9.14. The zero-order chi connectivity index (χ0) is 51.0. The van der Waals surface area contributed by atoms with E-state index in [1.54, 1.807) is 22.8 Å². The summed E-state index contributed by atoms with van der Waals surface area (Å²) in [6.07, 6.45) is 6.29. The first-order chi connectivity index (χ1) is 35.2. The maximum Gasteiger partial charge on any atom is 0.269 e. The molecule has 5 heteroatoms. The van der Waals surface area contributed by atoms with E-state index in [9.17, 15) is 0 Å². The van der Waals surface area contributed by atoms with Crippen LogP contribution in [0, 0.1) is 12.2 Å². The van der Waals surface area contributed by atoms with Gasteiger partial charge in [-0.3, -0.25) is 13.7 Å². The molecule has 0 unspecified atom stereocenters. The van der Waals surface area contributed by atoms with Gasteiger partial charge in [0, 0.05) is 23.0 Å². The third-order valence-electron chi connectivity index (χ3n) is 11.2. The number of benzene rings is 8. The van der Waals surface area contributed by atoms with Gasteiger partial charge in [0.25, 0.3) is 6.33 Å². The third kappa shape index (κ3) is 7.13. The molecule has 3 heterocycles. The molecule has 63 heavy (non-hydrogen) atoms. The second-order valence-corrected chi connectivity index (χ2v) is 15.8. The van der Waals surface area contributed by atoms with Crippen LogP contribution in [0.4, 0.5) is 0 Å². The average Bonchev–Trinajstić information content (AvgIpc) is 3.95. The highest BCUT2D eigenvalue weighted by molar-refractivity contribution is 6.09. The van der Waals surface area contributed by atoms with E-state index in [0.29, 0.717) is 34.1 Å². The average molecular weight is 823 g/mol. The normalized spacial score (nSPS) is 13.8. The number of para-hydroxylation sites is 2. The second-order valence-electron chi connectivity index (χ2n) is 15.8. The summed E-state index contributed by atoms with van der Waals surface area (Å²) < 4.78 is 100. The standard InChI is InChI=1S/C58H44N4O/c1-40(2)34-41-32-33-59-57(35-41)62-53-27-13-12-24-51(53)52-30-29-48(38-55(52)62)63-47-23-14-22-46(37-47)60-39-61(56-36-45(28-31-54(56)60)42-16-6-3-7-17-42)58-49(43-18-8-4-9-19-43)25-15-26-50(58)44-20-10-5-11-21-44/h3-33,35-38,40H,34H2,1-2H3/i4D,5D,8D,9D,10D,11D,18D,19D,20D,21D.